The summed E-state index contributed by atoms with van der Waals surface area (Å²) in [6.07, 6.45) is 9.99. The molecule has 0 atom stereocenters. The first-order chi connectivity index (χ1) is 37.0. The third-order valence-corrected chi connectivity index (χ3v) is 12.0. The first-order valence-corrected chi connectivity index (χ1v) is 25.7. The lowest BCUT2D eigenvalue weighted by Crippen LogP contribution is -2.08. The highest BCUT2D eigenvalue weighted by Gasteiger charge is 2.12. The fraction of sp³-hybridized carbons (Fsp3) is 0.290. The Morgan fingerprint density at radius 3 is 0.566 bits per heavy atom. The highest BCUT2D eigenvalue weighted by molar-refractivity contribution is 5.76. The molecule has 390 valence electrons. The molecule has 0 N–H and O–H groups in total. The predicted octanol–water partition coefficient (Wildman–Crippen LogP) is 13.3. The van der Waals surface area contributed by atoms with E-state index in [-0.39, 0.29) is 74.3 Å². The van der Waals surface area contributed by atoms with Crippen molar-refractivity contribution in [1.82, 2.24) is 0 Å². The number of hydrogen-bond donors (Lipinski definition) is 0. The van der Waals surface area contributed by atoms with Crippen molar-refractivity contribution >= 4 is 35.8 Å². The molecule has 14 heteroatoms. The van der Waals surface area contributed by atoms with Crippen molar-refractivity contribution in [2.24, 2.45) is 0 Å². The lowest BCUT2D eigenvalue weighted by molar-refractivity contribution is -0.135. The molecule has 0 aliphatic rings. The Kier molecular flexibility index (Phi) is 23.0. The van der Waals surface area contributed by atoms with Crippen LogP contribution in [0.5, 0.6) is 34.5 Å². The predicted molar refractivity (Wildman–Crippen MR) is 283 cm³/mol. The molecule has 0 fully saturated rings. The molecule has 6 aromatic rings. The van der Waals surface area contributed by atoms with Crippen molar-refractivity contribution in [3.05, 3.63) is 157 Å². The highest BCUT2D eigenvalue weighted by atomic mass is 16.6. The molecule has 14 nitrogen and oxygen atoms in total. The van der Waals surface area contributed by atoms with E-state index >= 15 is 0 Å². The number of nitrogens with zero attached hydrogens (tertiary/aromatic N) is 2. The van der Waals surface area contributed by atoms with Crippen LogP contribution in [0.15, 0.2) is 146 Å². The number of unbranched alkanes of at least 4 members (excludes halogenated alkanes) is 9. The van der Waals surface area contributed by atoms with Crippen LogP contribution in [0, 0.1) is 22.7 Å². The van der Waals surface area contributed by atoms with Gasteiger partial charge in [0.05, 0.1) is 23.3 Å². The van der Waals surface area contributed by atoms with Crippen LogP contribution in [-0.2, 0) is 28.8 Å². The van der Waals surface area contributed by atoms with Gasteiger partial charge in [0, 0.05) is 38.5 Å². The minimum absolute atomic E-state index is 0.249. The minimum atomic E-state index is -0.337. The number of carbonyl (C=O) groups is 6. The Morgan fingerprint density at radius 1 is 0.250 bits per heavy atom. The van der Waals surface area contributed by atoms with Crippen LogP contribution in [0.2, 0.25) is 0 Å². The van der Waals surface area contributed by atoms with Crippen LogP contribution < -0.4 is 28.4 Å². The summed E-state index contributed by atoms with van der Waals surface area (Å²) in [7, 11) is 0. The van der Waals surface area contributed by atoms with Gasteiger partial charge >= 0.3 is 35.8 Å². The van der Waals surface area contributed by atoms with Crippen molar-refractivity contribution in [1.29, 1.82) is 10.5 Å². The molecule has 6 aromatic carbocycles. The lowest BCUT2D eigenvalue weighted by atomic mass is 10.1. The second kappa shape index (κ2) is 31.0. The summed E-state index contributed by atoms with van der Waals surface area (Å²) in [6, 6.07) is 45.5. The number of ether oxygens (including phenoxy) is 6. The number of nitriles is 2. The Bertz CT molecular complexity index is 2720. The van der Waals surface area contributed by atoms with Gasteiger partial charge in [-0.15, -0.1) is 0 Å². The van der Waals surface area contributed by atoms with Crippen LogP contribution in [0.25, 0.3) is 22.3 Å². The molecule has 0 aromatic heterocycles. The molecular formula is C62H60N2O12. The standard InChI is InChI=1S/C62H60N2O12/c63-43-45-19-31-51(32-20-45)71-57(65)13-7-1-3-9-15-59(67)73-53-35-23-47(24-36-53)49-27-39-55(40-28-49)75-61(69)17-11-5-6-12-18-62(70)76-56-41-29-50(30-42-56)48-25-37-54(38-26-48)74-60(68)16-10-4-2-8-14-58(66)72-52-33-21-46(44-64)22-34-52/h19-42H,1-18H2. The third kappa shape index (κ3) is 20.6. The maximum atomic E-state index is 12.5. The fourth-order valence-corrected chi connectivity index (χ4v) is 7.83. The maximum Gasteiger partial charge on any atom is 0.311 e. The molecule has 0 heterocycles. The van der Waals surface area contributed by atoms with Crippen molar-refractivity contribution in [3.8, 4) is 68.9 Å². The molecule has 0 bridgehead atoms. The normalized spacial score (nSPS) is 10.6. The summed E-state index contributed by atoms with van der Waals surface area (Å²) in [5.41, 5.74) is 4.59. The molecule has 0 aliphatic heterocycles. The Balaban J connectivity index is 0.760. The first kappa shape index (κ1) is 56.4. The topological polar surface area (TPSA) is 205 Å². The number of rotatable bonds is 29. The van der Waals surface area contributed by atoms with Gasteiger partial charge in [-0.1, -0.05) is 87.1 Å². The van der Waals surface area contributed by atoms with Gasteiger partial charge in [-0.2, -0.15) is 10.5 Å². The SMILES string of the molecule is N#Cc1ccc(OC(=O)CCCCCCC(=O)Oc2ccc(-c3ccc(OC(=O)CCCCCCC(=O)Oc4ccc(-c5ccc(OC(=O)CCCCCCC(=O)Oc6ccc(C#N)cc6)cc5)cc4)cc3)cc2)cc1. The van der Waals surface area contributed by atoms with Gasteiger partial charge in [0.25, 0.3) is 0 Å². The summed E-state index contributed by atoms with van der Waals surface area (Å²) >= 11 is 0. The van der Waals surface area contributed by atoms with Crippen molar-refractivity contribution < 1.29 is 57.2 Å². The van der Waals surface area contributed by atoms with E-state index in [9.17, 15) is 28.8 Å². The zero-order valence-corrected chi connectivity index (χ0v) is 42.4. The molecule has 0 saturated heterocycles. The van der Waals surface area contributed by atoms with E-state index in [4.69, 9.17) is 38.9 Å². The average Bonchev–Trinajstić information content (AvgIpc) is 3.43. The quantitative estimate of drug-likeness (QED) is 0.0243. The van der Waals surface area contributed by atoms with Gasteiger partial charge in [0.2, 0.25) is 0 Å². The Hall–Kier alpha value is -8.88. The molecule has 0 amide bonds. The first-order valence-electron chi connectivity index (χ1n) is 25.7. The van der Waals surface area contributed by atoms with Crippen molar-refractivity contribution in [2.75, 3.05) is 0 Å². The second-order valence-corrected chi connectivity index (χ2v) is 18.0. The summed E-state index contributed by atoms with van der Waals surface area (Å²) < 4.78 is 32.6. The van der Waals surface area contributed by atoms with Gasteiger partial charge in [-0.25, -0.2) is 0 Å². The third-order valence-electron chi connectivity index (χ3n) is 12.0. The van der Waals surface area contributed by atoms with E-state index in [1.807, 2.05) is 60.7 Å². The van der Waals surface area contributed by atoms with Crippen LogP contribution >= 0.6 is 0 Å². The van der Waals surface area contributed by atoms with Crippen molar-refractivity contribution in [3.63, 3.8) is 0 Å². The highest BCUT2D eigenvalue weighted by Crippen LogP contribution is 2.28. The molecule has 0 unspecified atom stereocenters. The summed E-state index contributed by atoms with van der Waals surface area (Å²) in [5, 5.41) is 17.7. The van der Waals surface area contributed by atoms with E-state index in [1.54, 1.807) is 97.1 Å². The summed E-state index contributed by atoms with van der Waals surface area (Å²) in [6.45, 7) is 0. The smallest absolute Gasteiger partial charge is 0.311 e. The molecule has 0 spiro atoms. The summed E-state index contributed by atoms with van der Waals surface area (Å²) in [4.78, 5) is 74.0. The lowest BCUT2D eigenvalue weighted by Gasteiger charge is -2.08. The molecular weight excluding hydrogens is 965 g/mol. The molecule has 76 heavy (non-hydrogen) atoms. The maximum absolute atomic E-state index is 12.5. The number of hydrogen-bond acceptors (Lipinski definition) is 14. The molecule has 0 radical (unpaired) electrons. The molecule has 6 rings (SSSR count). The summed E-state index contributed by atoms with van der Waals surface area (Å²) in [5.74, 6) is 0.566. The van der Waals surface area contributed by atoms with Gasteiger partial charge in [0.15, 0.2) is 0 Å². The van der Waals surface area contributed by atoms with Crippen LogP contribution in [0.3, 0.4) is 0 Å². The minimum Gasteiger partial charge on any atom is -0.427 e. The van der Waals surface area contributed by atoms with Gasteiger partial charge in [-0.05, 0) is 158 Å². The van der Waals surface area contributed by atoms with Gasteiger partial charge in [-0.3, -0.25) is 28.8 Å². The van der Waals surface area contributed by atoms with E-state index in [0.717, 1.165) is 60.8 Å². The zero-order valence-electron chi connectivity index (χ0n) is 42.4. The zero-order chi connectivity index (χ0) is 53.7. The second-order valence-electron chi connectivity index (χ2n) is 18.0. The van der Waals surface area contributed by atoms with Gasteiger partial charge < -0.3 is 28.4 Å². The van der Waals surface area contributed by atoms with E-state index in [2.05, 4.69) is 0 Å². The van der Waals surface area contributed by atoms with E-state index < -0.39 is 0 Å². The van der Waals surface area contributed by atoms with Crippen molar-refractivity contribution in [2.45, 2.75) is 116 Å². The van der Waals surface area contributed by atoms with Gasteiger partial charge in [0.1, 0.15) is 34.5 Å². The number of esters is 6. The van der Waals surface area contributed by atoms with Crippen LogP contribution in [0.4, 0.5) is 0 Å². The molecule has 0 aliphatic carbocycles. The fourth-order valence-electron chi connectivity index (χ4n) is 7.83. The van der Waals surface area contributed by atoms with E-state index in [0.29, 0.717) is 84.1 Å². The Labute approximate surface area is 443 Å². The van der Waals surface area contributed by atoms with E-state index in [1.165, 1.54) is 0 Å². The van der Waals surface area contributed by atoms with Crippen LogP contribution in [-0.4, -0.2) is 35.8 Å². The monoisotopic (exact) mass is 1020 g/mol. The number of benzene rings is 6. The largest absolute Gasteiger partial charge is 0.427 e. The number of carbonyl (C=O) groups excluding carboxylic acids is 6. The van der Waals surface area contributed by atoms with Crippen LogP contribution in [0.1, 0.15) is 127 Å². The Morgan fingerprint density at radius 2 is 0.408 bits per heavy atom. The molecule has 0 saturated carbocycles. The average molecular weight is 1030 g/mol.